The normalized spacial score (nSPS) is 11.8. The van der Waals surface area contributed by atoms with Crippen LogP contribution in [0.5, 0.6) is 0 Å². The molecule has 138 valence electrons. The van der Waals surface area contributed by atoms with Crippen molar-refractivity contribution in [2.24, 2.45) is 5.92 Å². The molecule has 0 saturated carbocycles. The van der Waals surface area contributed by atoms with Crippen LogP contribution in [-0.4, -0.2) is 6.61 Å². The maximum absolute atomic E-state index is 12.1. The predicted octanol–water partition coefficient (Wildman–Crippen LogP) is 5.36. The van der Waals surface area contributed by atoms with Gasteiger partial charge in [-0.3, -0.25) is 0 Å². The van der Waals surface area contributed by atoms with Crippen LogP contribution in [0.3, 0.4) is 0 Å². The Bertz CT molecular complexity index is 807. The van der Waals surface area contributed by atoms with Gasteiger partial charge in [-0.1, -0.05) is 98.8 Å². The van der Waals surface area contributed by atoms with Crippen molar-refractivity contribution in [1.82, 2.24) is 0 Å². The van der Waals surface area contributed by atoms with Crippen molar-refractivity contribution in [3.63, 3.8) is 0 Å². The first kappa shape index (κ1) is 19.9. The molecule has 27 heavy (non-hydrogen) atoms. The summed E-state index contributed by atoms with van der Waals surface area (Å²) in [5.41, 5.74) is 1.06. The highest BCUT2D eigenvalue weighted by atomic mass is 31.1. The molecular formula is C23H25O2P2+. The van der Waals surface area contributed by atoms with Gasteiger partial charge in [-0.05, 0) is 34.3 Å². The Hall–Kier alpha value is -1.85. The van der Waals surface area contributed by atoms with Crippen molar-refractivity contribution in [1.29, 1.82) is 0 Å². The third-order valence-corrected chi connectivity index (χ3v) is 7.59. The lowest BCUT2D eigenvalue weighted by Crippen LogP contribution is -2.20. The molecule has 1 unspecified atom stereocenters. The molecule has 3 aromatic rings. The second-order valence-electron chi connectivity index (χ2n) is 6.85. The van der Waals surface area contributed by atoms with E-state index in [0.717, 1.165) is 5.56 Å². The minimum atomic E-state index is -1.65. The highest BCUT2D eigenvalue weighted by Crippen LogP contribution is 2.34. The molecule has 0 aliphatic carbocycles. The average molecular weight is 395 g/mol. The van der Waals surface area contributed by atoms with Crippen LogP contribution >= 0.6 is 15.9 Å². The van der Waals surface area contributed by atoms with Gasteiger partial charge in [-0.2, -0.15) is 0 Å². The van der Waals surface area contributed by atoms with Crippen LogP contribution in [0.15, 0.2) is 84.9 Å². The maximum Gasteiger partial charge on any atom is 0.512 e. The monoisotopic (exact) mass is 395 g/mol. The summed E-state index contributed by atoms with van der Waals surface area (Å²) in [6.45, 7) is 4.67. The molecule has 2 nitrogen and oxygen atoms in total. The van der Waals surface area contributed by atoms with Crippen molar-refractivity contribution in [3.8, 4) is 0 Å². The van der Waals surface area contributed by atoms with Crippen molar-refractivity contribution < 1.29 is 9.09 Å². The number of hydrogen-bond acceptors (Lipinski definition) is 2. The van der Waals surface area contributed by atoms with E-state index in [1.165, 1.54) is 15.9 Å². The van der Waals surface area contributed by atoms with Crippen LogP contribution in [0.25, 0.3) is 0 Å². The standard InChI is InChI=1S/C23H25O2P2/c1-19(2)17-25-26(24)18-20-13-15-23(16-14-20)27(21-9-5-3-6-10-21)22-11-7-4-8-12-22/h3-16,19H,17-18H2,1-2H3/q+1. The fourth-order valence-corrected chi connectivity index (χ4v) is 6.13. The largest absolute Gasteiger partial charge is 0.512 e. The molecular weight excluding hydrogens is 370 g/mol. The van der Waals surface area contributed by atoms with E-state index in [0.29, 0.717) is 18.7 Å². The van der Waals surface area contributed by atoms with Crippen molar-refractivity contribution in [2.75, 3.05) is 6.61 Å². The second kappa shape index (κ2) is 9.90. The van der Waals surface area contributed by atoms with E-state index in [9.17, 15) is 4.57 Å². The van der Waals surface area contributed by atoms with Gasteiger partial charge in [0, 0.05) is 5.56 Å². The summed E-state index contributed by atoms with van der Waals surface area (Å²) in [7, 11) is -2.24. The summed E-state index contributed by atoms with van der Waals surface area (Å²) in [5, 5.41) is 3.96. The van der Waals surface area contributed by atoms with Crippen LogP contribution in [0, 0.1) is 5.92 Å². The second-order valence-corrected chi connectivity index (χ2v) is 10.3. The molecule has 0 aromatic heterocycles. The fraction of sp³-hybridized carbons (Fsp3) is 0.217. The summed E-state index contributed by atoms with van der Waals surface area (Å²) in [6, 6.07) is 29.8. The molecule has 0 aliphatic rings. The number of benzene rings is 3. The zero-order valence-electron chi connectivity index (χ0n) is 15.8. The van der Waals surface area contributed by atoms with E-state index in [1.54, 1.807) is 0 Å². The van der Waals surface area contributed by atoms with E-state index < -0.39 is 15.9 Å². The van der Waals surface area contributed by atoms with Gasteiger partial charge >= 0.3 is 8.03 Å². The molecule has 0 bridgehead atoms. The Balaban J connectivity index is 1.81. The van der Waals surface area contributed by atoms with Gasteiger partial charge in [0.15, 0.2) is 0 Å². The quantitative estimate of drug-likeness (QED) is 0.480. The topological polar surface area (TPSA) is 26.3 Å². The SMILES string of the molecule is CC(C)CO[P+](=O)Cc1ccc(P(c2ccccc2)c2ccccc2)cc1. The van der Waals surface area contributed by atoms with E-state index in [4.69, 9.17) is 4.52 Å². The Morgan fingerprint density at radius 2 is 1.26 bits per heavy atom. The van der Waals surface area contributed by atoms with Gasteiger partial charge in [0.2, 0.25) is 6.16 Å². The van der Waals surface area contributed by atoms with Gasteiger partial charge in [0.25, 0.3) is 0 Å². The van der Waals surface area contributed by atoms with E-state index in [2.05, 4.69) is 98.8 Å². The third kappa shape index (κ3) is 5.81. The van der Waals surface area contributed by atoms with Crippen molar-refractivity contribution in [3.05, 3.63) is 90.5 Å². The first-order valence-electron chi connectivity index (χ1n) is 9.20. The fourth-order valence-electron chi connectivity index (χ4n) is 2.78. The van der Waals surface area contributed by atoms with Crippen LogP contribution in [0.2, 0.25) is 0 Å². The minimum Gasteiger partial charge on any atom is -0.146 e. The van der Waals surface area contributed by atoms with E-state index in [1.807, 2.05) is 0 Å². The zero-order valence-corrected chi connectivity index (χ0v) is 17.6. The summed E-state index contributed by atoms with van der Waals surface area (Å²) < 4.78 is 17.5. The highest BCUT2D eigenvalue weighted by molar-refractivity contribution is 7.79. The molecule has 0 radical (unpaired) electrons. The molecule has 0 saturated heterocycles. The number of hydrogen-bond donors (Lipinski definition) is 0. The maximum atomic E-state index is 12.1. The predicted molar refractivity (Wildman–Crippen MR) is 117 cm³/mol. The molecule has 0 aliphatic heterocycles. The van der Waals surface area contributed by atoms with Crippen LogP contribution in [0.4, 0.5) is 0 Å². The summed E-state index contributed by atoms with van der Waals surface area (Å²) >= 11 is 0. The molecule has 0 heterocycles. The lowest BCUT2D eigenvalue weighted by molar-refractivity contribution is 0.282. The van der Waals surface area contributed by atoms with Crippen molar-refractivity contribution >= 4 is 31.9 Å². The summed E-state index contributed by atoms with van der Waals surface area (Å²) in [5.74, 6) is 0.395. The Kier molecular flexibility index (Phi) is 7.30. The Morgan fingerprint density at radius 1 is 0.778 bits per heavy atom. The van der Waals surface area contributed by atoms with Gasteiger partial charge in [-0.15, -0.1) is 4.52 Å². The minimum absolute atomic E-state index is 0.395. The van der Waals surface area contributed by atoms with Gasteiger partial charge in [0.05, 0.1) is 0 Å². The van der Waals surface area contributed by atoms with E-state index in [-0.39, 0.29) is 0 Å². The average Bonchev–Trinajstić information content (AvgIpc) is 2.70. The molecule has 0 spiro atoms. The zero-order chi connectivity index (χ0) is 19.1. The Labute approximate surface area is 164 Å². The molecule has 0 N–H and O–H groups in total. The van der Waals surface area contributed by atoms with Gasteiger partial charge in [0.1, 0.15) is 6.61 Å². The third-order valence-electron chi connectivity index (χ3n) is 4.09. The summed E-state index contributed by atoms with van der Waals surface area (Å²) in [4.78, 5) is 0. The van der Waals surface area contributed by atoms with E-state index >= 15 is 0 Å². The lowest BCUT2D eigenvalue weighted by Gasteiger charge is -2.19. The highest BCUT2D eigenvalue weighted by Gasteiger charge is 2.20. The number of rotatable bonds is 8. The molecule has 4 heteroatoms. The van der Waals surface area contributed by atoms with Gasteiger partial charge in [-0.25, -0.2) is 0 Å². The summed E-state index contributed by atoms with van der Waals surface area (Å²) in [6.07, 6.45) is 0.469. The van der Waals surface area contributed by atoms with Crippen LogP contribution in [-0.2, 0) is 15.3 Å². The van der Waals surface area contributed by atoms with Crippen molar-refractivity contribution in [2.45, 2.75) is 20.0 Å². The lowest BCUT2D eigenvalue weighted by atomic mass is 10.2. The van der Waals surface area contributed by atoms with Crippen LogP contribution < -0.4 is 15.9 Å². The van der Waals surface area contributed by atoms with Crippen LogP contribution in [0.1, 0.15) is 19.4 Å². The first-order chi connectivity index (χ1) is 13.1. The molecule has 3 rings (SSSR count). The van der Waals surface area contributed by atoms with Gasteiger partial charge < -0.3 is 0 Å². The first-order valence-corrected chi connectivity index (χ1v) is 11.9. The molecule has 3 aromatic carbocycles. The molecule has 0 fully saturated rings. The molecule has 0 amide bonds. The smallest absolute Gasteiger partial charge is 0.146 e. The Morgan fingerprint density at radius 3 is 1.74 bits per heavy atom. The molecule has 1 atom stereocenters.